The number of aromatic nitrogens is 4. The number of benzene rings is 2. The highest BCUT2D eigenvalue weighted by Gasteiger charge is 2.38. The van der Waals surface area contributed by atoms with Crippen LogP contribution in [-0.2, 0) is 24.2 Å². The second-order valence-electron chi connectivity index (χ2n) is 10.9. The third kappa shape index (κ3) is 4.67. The predicted molar refractivity (Wildman–Crippen MR) is 150 cm³/mol. The molecule has 2 aromatic carbocycles. The molecule has 2 unspecified atom stereocenters. The molecule has 2 aliphatic heterocycles. The number of H-pyrrole nitrogens is 2. The summed E-state index contributed by atoms with van der Waals surface area (Å²) in [7, 11) is 1.91. The molecule has 2 atom stereocenters. The predicted octanol–water partition coefficient (Wildman–Crippen LogP) is 3.59. The number of phenolic OH excluding ortho intramolecular Hbond substituents is 1. The van der Waals surface area contributed by atoms with Crippen molar-refractivity contribution in [3.8, 4) is 28.4 Å². The summed E-state index contributed by atoms with van der Waals surface area (Å²) in [5.41, 5.74) is 5.52. The number of phenols is 1. The van der Waals surface area contributed by atoms with E-state index in [0.29, 0.717) is 56.1 Å². The SMILES string of the molecule is CCc1cc(O)c(F)cc1-c1ccc2c(-c3nc4c([nH]3)CN(C)C(C(=O)N3CCN(C(=O)O)CC3C)C4)n[nH]c2c1. The van der Waals surface area contributed by atoms with E-state index >= 15 is 0 Å². The zero-order valence-electron chi connectivity index (χ0n) is 23.1. The molecule has 1 fully saturated rings. The molecule has 0 saturated carbocycles. The molecule has 4 N–H and O–H groups in total. The van der Waals surface area contributed by atoms with Gasteiger partial charge in [-0.05, 0) is 61.3 Å². The minimum Gasteiger partial charge on any atom is -0.505 e. The zero-order valence-corrected chi connectivity index (χ0v) is 23.1. The number of nitrogens with one attached hydrogen (secondary N) is 2. The molecule has 12 heteroatoms. The molecule has 2 amide bonds. The molecule has 0 bridgehead atoms. The Hall–Kier alpha value is -4.45. The van der Waals surface area contributed by atoms with Crippen molar-refractivity contribution < 1.29 is 24.2 Å². The number of aromatic amines is 2. The third-order valence-corrected chi connectivity index (χ3v) is 8.31. The van der Waals surface area contributed by atoms with Crippen molar-refractivity contribution in [2.45, 2.75) is 45.3 Å². The quantitative estimate of drug-likeness (QED) is 0.298. The van der Waals surface area contributed by atoms with Crippen molar-refractivity contribution in [3.05, 3.63) is 53.1 Å². The highest BCUT2D eigenvalue weighted by molar-refractivity contribution is 5.94. The first kappa shape index (κ1) is 26.8. The number of imidazole rings is 1. The Labute approximate surface area is 235 Å². The third-order valence-electron chi connectivity index (χ3n) is 8.31. The highest BCUT2D eigenvalue weighted by Crippen LogP contribution is 2.34. The van der Waals surface area contributed by atoms with Gasteiger partial charge in [-0.25, -0.2) is 14.2 Å². The number of likely N-dealkylation sites (N-methyl/N-ethyl adjacent to an activating group) is 1. The Morgan fingerprint density at radius 3 is 2.73 bits per heavy atom. The van der Waals surface area contributed by atoms with Crippen LogP contribution in [0.3, 0.4) is 0 Å². The van der Waals surface area contributed by atoms with Crippen molar-refractivity contribution in [2.75, 3.05) is 26.7 Å². The molecule has 0 radical (unpaired) electrons. The second kappa shape index (κ2) is 10.2. The molecule has 6 rings (SSSR count). The standard InChI is InChI=1S/C29H32FN7O4/c1-4-16-10-25(38)20(30)11-19(16)17-5-6-18-21(9-17)33-34-26(18)27-31-22-12-24(35(3)14-23(22)32-27)28(39)37-8-7-36(29(40)41)13-15(37)2/h5-6,9-11,15,24,38H,4,7-8,12-14H2,1-3H3,(H,31,32)(H,33,34)(H,40,41). The van der Waals surface area contributed by atoms with Crippen LogP contribution in [0.2, 0.25) is 0 Å². The van der Waals surface area contributed by atoms with E-state index in [-0.39, 0.29) is 17.7 Å². The summed E-state index contributed by atoms with van der Waals surface area (Å²) in [5, 5.41) is 27.5. The molecule has 4 heterocycles. The van der Waals surface area contributed by atoms with Crippen molar-refractivity contribution in [3.63, 3.8) is 0 Å². The monoisotopic (exact) mass is 561 g/mol. The van der Waals surface area contributed by atoms with E-state index in [1.807, 2.05) is 44.0 Å². The molecule has 0 spiro atoms. The molecule has 11 nitrogen and oxygen atoms in total. The minimum atomic E-state index is -0.963. The van der Waals surface area contributed by atoms with Gasteiger partial charge in [0.2, 0.25) is 5.91 Å². The summed E-state index contributed by atoms with van der Waals surface area (Å²) < 4.78 is 14.2. The summed E-state index contributed by atoms with van der Waals surface area (Å²) in [6, 6.07) is 7.96. The topological polar surface area (TPSA) is 142 Å². The van der Waals surface area contributed by atoms with Crippen molar-refractivity contribution in [1.29, 1.82) is 0 Å². The van der Waals surface area contributed by atoms with Gasteiger partial charge < -0.3 is 25.0 Å². The van der Waals surface area contributed by atoms with E-state index < -0.39 is 18.0 Å². The van der Waals surface area contributed by atoms with Gasteiger partial charge in [0, 0.05) is 44.0 Å². The molecule has 2 aromatic heterocycles. The lowest BCUT2D eigenvalue weighted by molar-refractivity contribution is -0.141. The van der Waals surface area contributed by atoms with Gasteiger partial charge in [0.1, 0.15) is 5.69 Å². The van der Waals surface area contributed by atoms with E-state index in [2.05, 4.69) is 15.2 Å². The number of rotatable bonds is 4. The summed E-state index contributed by atoms with van der Waals surface area (Å²) >= 11 is 0. The number of aromatic hydroxyl groups is 1. The molecule has 2 aliphatic rings. The van der Waals surface area contributed by atoms with Crippen LogP contribution in [0.15, 0.2) is 30.3 Å². The Morgan fingerprint density at radius 2 is 2.00 bits per heavy atom. The summed E-state index contributed by atoms with van der Waals surface area (Å²) in [4.78, 5) is 38.2. The number of aryl methyl sites for hydroxylation is 1. The number of carbonyl (C=O) groups excluding carboxylic acids is 1. The first-order valence-corrected chi connectivity index (χ1v) is 13.7. The van der Waals surface area contributed by atoms with E-state index in [9.17, 15) is 24.2 Å². The van der Waals surface area contributed by atoms with E-state index in [0.717, 1.165) is 33.4 Å². The van der Waals surface area contributed by atoms with Gasteiger partial charge in [0.05, 0.1) is 22.9 Å². The van der Waals surface area contributed by atoms with Crippen LogP contribution in [0.5, 0.6) is 5.75 Å². The Bertz CT molecular complexity index is 1660. The van der Waals surface area contributed by atoms with Crippen LogP contribution in [0.1, 0.15) is 30.8 Å². The van der Waals surface area contributed by atoms with E-state index in [1.54, 1.807) is 4.90 Å². The fraction of sp³-hybridized carbons (Fsp3) is 0.379. The van der Waals surface area contributed by atoms with Crippen LogP contribution < -0.4 is 0 Å². The minimum absolute atomic E-state index is 0.0184. The summed E-state index contributed by atoms with van der Waals surface area (Å²) in [5.74, 6) is -0.441. The van der Waals surface area contributed by atoms with E-state index in [4.69, 9.17) is 4.98 Å². The largest absolute Gasteiger partial charge is 0.505 e. The normalized spacial score (nSPS) is 19.5. The van der Waals surface area contributed by atoms with Gasteiger partial charge in [-0.15, -0.1) is 0 Å². The van der Waals surface area contributed by atoms with Gasteiger partial charge in [-0.2, -0.15) is 5.10 Å². The number of hydrogen-bond donors (Lipinski definition) is 4. The number of hydrogen-bond acceptors (Lipinski definition) is 6. The van der Waals surface area contributed by atoms with Crippen LogP contribution in [0, 0.1) is 5.82 Å². The molecular weight excluding hydrogens is 529 g/mol. The lowest BCUT2D eigenvalue weighted by atomic mass is 9.96. The van der Waals surface area contributed by atoms with Gasteiger partial charge in [0.15, 0.2) is 17.4 Å². The molecular formula is C29H32FN7O4. The Morgan fingerprint density at radius 1 is 1.20 bits per heavy atom. The maximum Gasteiger partial charge on any atom is 0.407 e. The number of fused-ring (bicyclic) bond motifs is 2. The zero-order chi connectivity index (χ0) is 29.0. The average molecular weight is 562 g/mol. The number of amides is 2. The first-order chi connectivity index (χ1) is 19.6. The van der Waals surface area contributed by atoms with Crippen LogP contribution in [0.25, 0.3) is 33.5 Å². The smallest absolute Gasteiger partial charge is 0.407 e. The van der Waals surface area contributed by atoms with Gasteiger partial charge >= 0.3 is 6.09 Å². The fourth-order valence-electron chi connectivity index (χ4n) is 6.02. The lowest BCUT2D eigenvalue weighted by Crippen LogP contribution is -2.59. The number of carbonyl (C=O) groups is 2. The number of nitrogens with zero attached hydrogens (tertiary/aromatic N) is 5. The van der Waals surface area contributed by atoms with Crippen molar-refractivity contribution >= 4 is 22.9 Å². The van der Waals surface area contributed by atoms with Crippen LogP contribution >= 0.6 is 0 Å². The number of piperazine rings is 1. The van der Waals surface area contributed by atoms with Gasteiger partial charge in [-0.3, -0.25) is 14.8 Å². The molecule has 4 aromatic rings. The summed E-state index contributed by atoms with van der Waals surface area (Å²) in [6.07, 6.45) is 0.114. The van der Waals surface area contributed by atoms with Crippen molar-refractivity contribution in [1.82, 2.24) is 34.9 Å². The molecule has 214 valence electrons. The Balaban J connectivity index is 1.25. The van der Waals surface area contributed by atoms with Gasteiger partial charge in [0.25, 0.3) is 0 Å². The summed E-state index contributed by atoms with van der Waals surface area (Å²) in [6.45, 7) is 5.31. The molecule has 41 heavy (non-hydrogen) atoms. The fourth-order valence-corrected chi connectivity index (χ4v) is 6.02. The van der Waals surface area contributed by atoms with Gasteiger partial charge in [-0.1, -0.05) is 13.0 Å². The van der Waals surface area contributed by atoms with E-state index in [1.165, 1.54) is 17.0 Å². The van der Waals surface area contributed by atoms with Crippen LogP contribution in [-0.4, -0.2) is 95.8 Å². The number of halogens is 1. The lowest BCUT2D eigenvalue weighted by Gasteiger charge is -2.42. The highest BCUT2D eigenvalue weighted by atomic mass is 19.1. The van der Waals surface area contributed by atoms with Crippen molar-refractivity contribution in [2.24, 2.45) is 0 Å². The number of carboxylic acid groups (broad SMARTS) is 1. The second-order valence-corrected chi connectivity index (χ2v) is 10.9. The maximum absolute atomic E-state index is 14.2. The Kier molecular flexibility index (Phi) is 6.65. The molecule has 1 saturated heterocycles. The van der Waals surface area contributed by atoms with Crippen LogP contribution in [0.4, 0.5) is 9.18 Å². The first-order valence-electron chi connectivity index (χ1n) is 13.7. The average Bonchev–Trinajstić information content (AvgIpc) is 3.56. The molecule has 0 aliphatic carbocycles. The maximum atomic E-state index is 14.2.